The minimum atomic E-state index is -3.47. The molecule has 0 spiro atoms. The molecule has 0 fully saturated rings. The topological polar surface area (TPSA) is 72.5 Å². The van der Waals surface area contributed by atoms with Crippen LogP contribution in [0.15, 0.2) is 0 Å². The van der Waals surface area contributed by atoms with E-state index in [4.69, 9.17) is 4.74 Å². The second-order valence-corrected chi connectivity index (χ2v) is 6.36. The van der Waals surface area contributed by atoms with E-state index in [0.29, 0.717) is 5.69 Å². The minimum absolute atomic E-state index is 0.272. The Balaban J connectivity index is 3.71. The highest BCUT2D eigenvalue weighted by Gasteiger charge is 2.23. The lowest BCUT2D eigenvalue weighted by atomic mass is 9.92. The molecule has 0 saturated heterocycles. The molecule has 1 rings (SSSR count). The highest BCUT2D eigenvalue weighted by molar-refractivity contribution is 7.92. The van der Waals surface area contributed by atoms with Gasteiger partial charge in [0.15, 0.2) is 0 Å². The molecule has 5 nitrogen and oxygen atoms in total. The van der Waals surface area contributed by atoms with Crippen molar-refractivity contribution in [2.24, 2.45) is 0 Å². The summed E-state index contributed by atoms with van der Waals surface area (Å²) in [6.07, 6.45) is 1.05. The van der Waals surface area contributed by atoms with Gasteiger partial charge in [0.2, 0.25) is 10.0 Å². The van der Waals surface area contributed by atoms with Crippen LogP contribution in [-0.2, 0) is 14.8 Å². The highest BCUT2D eigenvalue weighted by Crippen LogP contribution is 2.31. The highest BCUT2D eigenvalue weighted by atomic mass is 32.2. The summed E-state index contributed by atoms with van der Waals surface area (Å²) in [7, 11) is -2.19. The van der Waals surface area contributed by atoms with Crippen LogP contribution < -0.4 is 4.72 Å². The first-order valence-corrected chi connectivity index (χ1v) is 7.65. The Labute approximate surface area is 114 Å². The Morgan fingerprint density at radius 2 is 1.47 bits per heavy atom. The molecule has 0 aromatic heterocycles. The summed E-state index contributed by atoms with van der Waals surface area (Å²) >= 11 is 0. The van der Waals surface area contributed by atoms with Gasteiger partial charge in [0.25, 0.3) is 0 Å². The molecule has 0 aliphatic heterocycles. The predicted molar refractivity (Wildman–Crippen MR) is 75.2 cm³/mol. The summed E-state index contributed by atoms with van der Waals surface area (Å²) in [4.78, 5) is 11.9. The predicted octanol–water partition coefficient (Wildman–Crippen LogP) is 2.08. The normalized spacial score (nSPS) is 11.3. The molecule has 0 heterocycles. The number of sulfonamides is 1. The Hall–Kier alpha value is -1.56. The van der Waals surface area contributed by atoms with Crippen molar-refractivity contribution in [3.05, 3.63) is 27.8 Å². The van der Waals surface area contributed by atoms with Crippen molar-refractivity contribution < 1.29 is 17.9 Å². The molecule has 0 bridgehead atoms. The maximum Gasteiger partial charge on any atom is 0.340 e. The zero-order valence-electron chi connectivity index (χ0n) is 12.0. The Bertz CT molecular complexity index is 633. The molecular weight excluding hydrogens is 266 g/mol. The molecule has 1 aromatic carbocycles. The third-order valence-corrected chi connectivity index (χ3v) is 3.94. The molecule has 1 N–H and O–H groups in total. The number of carbonyl (C=O) groups is 1. The average Bonchev–Trinajstić information content (AvgIpc) is 2.31. The van der Waals surface area contributed by atoms with Crippen LogP contribution in [-0.4, -0.2) is 27.8 Å². The second kappa shape index (κ2) is 5.21. The molecule has 0 amide bonds. The number of anilines is 1. The van der Waals surface area contributed by atoms with Gasteiger partial charge in [0, 0.05) is 0 Å². The van der Waals surface area contributed by atoms with Crippen LogP contribution in [0.3, 0.4) is 0 Å². The zero-order chi connectivity index (χ0) is 15.0. The van der Waals surface area contributed by atoms with Crippen molar-refractivity contribution in [3.63, 3.8) is 0 Å². The molecule has 6 heteroatoms. The van der Waals surface area contributed by atoms with Crippen molar-refractivity contribution in [2.75, 3.05) is 18.1 Å². The summed E-state index contributed by atoms with van der Waals surface area (Å²) in [5.74, 6) is -0.546. The van der Waals surface area contributed by atoms with E-state index in [2.05, 4.69) is 4.72 Å². The molecule has 0 aliphatic carbocycles. The average molecular weight is 285 g/mol. The number of nitrogens with one attached hydrogen (secondary N) is 1. The van der Waals surface area contributed by atoms with Crippen LogP contribution in [0.5, 0.6) is 0 Å². The van der Waals surface area contributed by atoms with Crippen molar-refractivity contribution >= 4 is 21.7 Å². The molecular formula is C13H19NO4S. The Morgan fingerprint density at radius 1 is 1.00 bits per heavy atom. The summed E-state index contributed by atoms with van der Waals surface area (Å²) < 4.78 is 30.1. The van der Waals surface area contributed by atoms with Crippen LogP contribution >= 0.6 is 0 Å². The molecule has 19 heavy (non-hydrogen) atoms. The molecule has 0 saturated carbocycles. The number of ether oxygens (including phenoxy) is 1. The lowest BCUT2D eigenvalue weighted by Crippen LogP contribution is -2.18. The van der Waals surface area contributed by atoms with Gasteiger partial charge in [0.1, 0.15) is 0 Å². The molecule has 0 unspecified atom stereocenters. The summed E-state index contributed by atoms with van der Waals surface area (Å²) in [6.45, 7) is 7.35. The van der Waals surface area contributed by atoms with Gasteiger partial charge in [-0.3, -0.25) is 4.72 Å². The summed E-state index contributed by atoms with van der Waals surface area (Å²) in [5.41, 5.74) is 3.94. The number of carbonyl (C=O) groups excluding carboxylic acids is 1. The molecule has 1 aromatic rings. The summed E-state index contributed by atoms with van der Waals surface area (Å²) in [5, 5.41) is 0. The van der Waals surface area contributed by atoms with E-state index in [1.807, 2.05) is 13.8 Å². The van der Waals surface area contributed by atoms with E-state index in [9.17, 15) is 13.2 Å². The number of hydrogen-bond donors (Lipinski definition) is 1. The molecule has 0 aliphatic rings. The first-order chi connectivity index (χ1) is 8.60. The van der Waals surface area contributed by atoms with Gasteiger partial charge in [-0.2, -0.15) is 0 Å². The Morgan fingerprint density at radius 3 is 1.89 bits per heavy atom. The zero-order valence-corrected chi connectivity index (χ0v) is 12.9. The van der Waals surface area contributed by atoms with Crippen molar-refractivity contribution in [2.45, 2.75) is 27.7 Å². The van der Waals surface area contributed by atoms with E-state index >= 15 is 0 Å². The number of hydrogen-bond acceptors (Lipinski definition) is 4. The van der Waals surface area contributed by atoms with Gasteiger partial charge in [-0.25, -0.2) is 13.2 Å². The maximum absolute atomic E-state index is 11.9. The lowest BCUT2D eigenvalue weighted by molar-refractivity contribution is 0.0601. The van der Waals surface area contributed by atoms with Gasteiger partial charge >= 0.3 is 5.97 Å². The Kier molecular flexibility index (Phi) is 4.25. The van der Waals surface area contributed by atoms with Crippen LogP contribution in [0.4, 0.5) is 5.69 Å². The monoisotopic (exact) mass is 285 g/mol. The largest absolute Gasteiger partial charge is 0.465 e. The van der Waals surface area contributed by atoms with Crippen LogP contribution in [0.1, 0.15) is 32.6 Å². The SMILES string of the molecule is COC(=O)c1c(C)c(C)c(C)c(C)c1NS(C)(=O)=O. The van der Waals surface area contributed by atoms with E-state index in [1.54, 1.807) is 13.8 Å². The smallest absolute Gasteiger partial charge is 0.340 e. The molecule has 0 radical (unpaired) electrons. The number of esters is 1. The van der Waals surface area contributed by atoms with Crippen LogP contribution in [0.25, 0.3) is 0 Å². The number of rotatable bonds is 3. The van der Waals surface area contributed by atoms with Crippen LogP contribution in [0, 0.1) is 27.7 Å². The van der Waals surface area contributed by atoms with E-state index < -0.39 is 16.0 Å². The van der Waals surface area contributed by atoms with E-state index in [0.717, 1.165) is 28.5 Å². The van der Waals surface area contributed by atoms with Gasteiger partial charge < -0.3 is 4.74 Å². The number of methoxy groups -OCH3 is 1. The van der Waals surface area contributed by atoms with E-state index in [1.165, 1.54) is 7.11 Å². The second-order valence-electron chi connectivity index (χ2n) is 4.62. The first kappa shape index (κ1) is 15.5. The first-order valence-electron chi connectivity index (χ1n) is 5.76. The fraction of sp³-hybridized carbons (Fsp3) is 0.462. The number of benzene rings is 1. The third-order valence-electron chi connectivity index (χ3n) is 3.36. The van der Waals surface area contributed by atoms with Gasteiger partial charge in [-0.05, 0) is 49.9 Å². The quantitative estimate of drug-likeness (QED) is 0.863. The standard InChI is InChI=1S/C13H19NO4S/c1-7-8(2)10(4)12(14-19(6,16)17)11(9(7)3)13(15)18-5/h14H,1-6H3. The van der Waals surface area contributed by atoms with E-state index in [-0.39, 0.29) is 5.56 Å². The van der Waals surface area contributed by atoms with Crippen molar-refractivity contribution in [1.29, 1.82) is 0 Å². The summed E-state index contributed by atoms with van der Waals surface area (Å²) in [6, 6.07) is 0. The molecule has 106 valence electrons. The fourth-order valence-electron chi connectivity index (χ4n) is 1.98. The van der Waals surface area contributed by atoms with Gasteiger partial charge in [-0.1, -0.05) is 0 Å². The van der Waals surface area contributed by atoms with Crippen molar-refractivity contribution in [1.82, 2.24) is 0 Å². The maximum atomic E-state index is 11.9. The van der Waals surface area contributed by atoms with Crippen molar-refractivity contribution in [3.8, 4) is 0 Å². The van der Waals surface area contributed by atoms with Crippen LogP contribution in [0.2, 0.25) is 0 Å². The van der Waals surface area contributed by atoms with Gasteiger partial charge in [0.05, 0.1) is 24.6 Å². The lowest BCUT2D eigenvalue weighted by Gasteiger charge is -2.19. The molecule has 0 atom stereocenters. The fourth-order valence-corrected chi connectivity index (χ4v) is 2.61. The minimum Gasteiger partial charge on any atom is -0.465 e. The third kappa shape index (κ3) is 3.07. The van der Waals surface area contributed by atoms with Gasteiger partial charge in [-0.15, -0.1) is 0 Å².